The fraction of sp³-hybridized carbons (Fsp3) is 0.200. The molecule has 1 aromatic heterocycles. The average Bonchev–Trinajstić information content (AvgIpc) is 2.59. The highest BCUT2D eigenvalue weighted by Gasteiger charge is 2.13. The van der Waals surface area contributed by atoms with Gasteiger partial charge in [-0.1, -0.05) is 18.2 Å². The maximum absolute atomic E-state index is 11.5. The quantitative estimate of drug-likeness (QED) is 0.773. The van der Waals surface area contributed by atoms with Crippen molar-refractivity contribution in [3.63, 3.8) is 0 Å². The molecular formula is C20H21N3O2. The fourth-order valence-corrected chi connectivity index (χ4v) is 2.89. The monoisotopic (exact) mass is 335 g/mol. The molecule has 128 valence electrons. The number of para-hydroxylation sites is 1. The lowest BCUT2D eigenvalue weighted by molar-refractivity contribution is -0.114. The largest absolute Gasteiger partial charge is 0.495 e. The van der Waals surface area contributed by atoms with Crippen molar-refractivity contribution < 1.29 is 9.53 Å². The van der Waals surface area contributed by atoms with E-state index in [1.807, 2.05) is 50.4 Å². The van der Waals surface area contributed by atoms with Crippen LogP contribution in [0.3, 0.4) is 0 Å². The summed E-state index contributed by atoms with van der Waals surface area (Å²) >= 11 is 0. The maximum atomic E-state index is 11.5. The summed E-state index contributed by atoms with van der Waals surface area (Å²) in [5.74, 6) is 0.492. The van der Waals surface area contributed by atoms with Crippen LogP contribution in [0.25, 0.3) is 10.9 Å². The molecule has 2 aromatic carbocycles. The number of carbonyl (C=O) groups is 1. The highest BCUT2D eigenvalue weighted by Crippen LogP contribution is 2.35. The Morgan fingerprint density at radius 3 is 2.64 bits per heavy atom. The molecule has 0 aliphatic rings. The van der Waals surface area contributed by atoms with E-state index in [4.69, 9.17) is 4.74 Å². The van der Waals surface area contributed by atoms with Crippen molar-refractivity contribution >= 4 is 33.9 Å². The van der Waals surface area contributed by atoms with Gasteiger partial charge in [0.05, 0.1) is 24.0 Å². The topological polar surface area (TPSA) is 54.5 Å². The number of ether oxygens (including phenoxy) is 1. The molecule has 0 radical (unpaired) electrons. The Labute approximate surface area is 147 Å². The van der Waals surface area contributed by atoms with Gasteiger partial charge in [0, 0.05) is 30.7 Å². The van der Waals surface area contributed by atoms with Crippen molar-refractivity contribution in [1.82, 2.24) is 4.98 Å². The van der Waals surface area contributed by atoms with Crippen LogP contribution in [-0.4, -0.2) is 25.0 Å². The third kappa shape index (κ3) is 3.40. The predicted molar refractivity (Wildman–Crippen MR) is 102 cm³/mol. The van der Waals surface area contributed by atoms with E-state index in [-0.39, 0.29) is 5.91 Å². The van der Waals surface area contributed by atoms with Gasteiger partial charge in [0.1, 0.15) is 5.75 Å². The van der Waals surface area contributed by atoms with Gasteiger partial charge in [-0.25, -0.2) is 0 Å². The third-order valence-corrected chi connectivity index (χ3v) is 4.06. The highest BCUT2D eigenvalue weighted by molar-refractivity contribution is 5.95. The average molecular weight is 335 g/mol. The molecule has 0 atom stereocenters. The number of pyridine rings is 1. The minimum Gasteiger partial charge on any atom is -0.495 e. The molecule has 0 saturated heterocycles. The number of anilines is 3. The molecule has 25 heavy (non-hydrogen) atoms. The van der Waals surface area contributed by atoms with E-state index in [0.717, 1.165) is 28.0 Å². The molecule has 0 aliphatic carbocycles. The number of methoxy groups -OCH3 is 1. The minimum atomic E-state index is -0.136. The molecule has 0 bridgehead atoms. The van der Waals surface area contributed by atoms with Gasteiger partial charge in [-0.3, -0.25) is 9.78 Å². The lowest BCUT2D eigenvalue weighted by Crippen LogP contribution is -2.12. The molecule has 0 aliphatic heterocycles. The van der Waals surface area contributed by atoms with E-state index in [2.05, 4.69) is 27.3 Å². The molecule has 1 amide bonds. The van der Waals surface area contributed by atoms with E-state index in [9.17, 15) is 4.79 Å². The van der Waals surface area contributed by atoms with Gasteiger partial charge in [-0.05, 0) is 37.3 Å². The number of hydrogen-bond acceptors (Lipinski definition) is 4. The zero-order valence-electron chi connectivity index (χ0n) is 14.8. The van der Waals surface area contributed by atoms with Crippen LogP contribution in [0, 0.1) is 6.92 Å². The molecule has 1 N–H and O–H groups in total. The Hall–Kier alpha value is -3.08. The van der Waals surface area contributed by atoms with Crippen LogP contribution >= 0.6 is 0 Å². The van der Waals surface area contributed by atoms with Crippen molar-refractivity contribution in [3.8, 4) is 5.75 Å². The molecule has 3 rings (SSSR count). The van der Waals surface area contributed by atoms with Crippen LogP contribution in [0.2, 0.25) is 0 Å². The molecule has 5 heteroatoms. The number of aryl methyl sites for hydroxylation is 1. The second-order valence-corrected chi connectivity index (χ2v) is 5.92. The third-order valence-electron chi connectivity index (χ3n) is 4.06. The number of amides is 1. The van der Waals surface area contributed by atoms with Crippen LogP contribution < -0.4 is 15.0 Å². The number of benzene rings is 2. The molecular weight excluding hydrogens is 314 g/mol. The summed E-state index contributed by atoms with van der Waals surface area (Å²) in [6, 6.07) is 15.9. The second-order valence-electron chi connectivity index (χ2n) is 5.92. The Kier molecular flexibility index (Phi) is 4.57. The summed E-state index contributed by atoms with van der Waals surface area (Å²) in [5.41, 5.74) is 4.56. The standard InChI is InChI=1S/C20H21N3O2/c1-13-11-19(16-7-5-6-8-17(16)21-13)23(3)15-9-10-20(25-4)18(12-15)22-14(2)24/h5-12H,1-4H3,(H,22,24). The lowest BCUT2D eigenvalue weighted by atomic mass is 10.1. The van der Waals surface area contributed by atoms with E-state index in [0.29, 0.717) is 11.4 Å². The number of hydrogen-bond donors (Lipinski definition) is 1. The molecule has 0 saturated carbocycles. The van der Waals surface area contributed by atoms with Gasteiger partial charge in [0.25, 0.3) is 0 Å². The molecule has 0 fully saturated rings. The summed E-state index contributed by atoms with van der Waals surface area (Å²) < 4.78 is 5.33. The SMILES string of the molecule is COc1ccc(N(C)c2cc(C)nc3ccccc23)cc1NC(C)=O. The van der Waals surface area contributed by atoms with Gasteiger partial charge in [0.15, 0.2) is 0 Å². The summed E-state index contributed by atoms with van der Waals surface area (Å²) in [4.78, 5) is 18.1. The van der Waals surface area contributed by atoms with E-state index < -0.39 is 0 Å². The molecule has 5 nitrogen and oxygen atoms in total. The lowest BCUT2D eigenvalue weighted by Gasteiger charge is -2.23. The van der Waals surface area contributed by atoms with Crippen LogP contribution in [0.5, 0.6) is 5.75 Å². The Morgan fingerprint density at radius 2 is 1.92 bits per heavy atom. The molecule has 1 heterocycles. The Balaban J connectivity index is 2.09. The first-order valence-corrected chi connectivity index (χ1v) is 8.05. The fourth-order valence-electron chi connectivity index (χ4n) is 2.89. The van der Waals surface area contributed by atoms with Crippen molar-refractivity contribution in [2.45, 2.75) is 13.8 Å². The van der Waals surface area contributed by atoms with Crippen LogP contribution in [0.1, 0.15) is 12.6 Å². The minimum absolute atomic E-state index is 0.136. The number of nitrogens with one attached hydrogen (secondary N) is 1. The number of carbonyl (C=O) groups excluding carboxylic acids is 1. The van der Waals surface area contributed by atoms with Crippen LogP contribution in [0.15, 0.2) is 48.5 Å². The van der Waals surface area contributed by atoms with Crippen LogP contribution in [-0.2, 0) is 4.79 Å². The first-order valence-electron chi connectivity index (χ1n) is 8.05. The summed E-state index contributed by atoms with van der Waals surface area (Å²) in [6.45, 7) is 3.47. The smallest absolute Gasteiger partial charge is 0.221 e. The van der Waals surface area contributed by atoms with Crippen LogP contribution in [0.4, 0.5) is 17.1 Å². The zero-order valence-corrected chi connectivity index (χ0v) is 14.8. The van der Waals surface area contributed by atoms with E-state index in [1.54, 1.807) is 7.11 Å². The number of nitrogens with zero attached hydrogens (tertiary/aromatic N) is 2. The number of fused-ring (bicyclic) bond motifs is 1. The van der Waals surface area contributed by atoms with Crippen molar-refractivity contribution in [2.75, 3.05) is 24.4 Å². The van der Waals surface area contributed by atoms with Crippen molar-refractivity contribution in [1.29, 1.82) is 0 Å². The van der Waals surface area contributed by atoms with E-state index >= 15 is 0 Å². The molecule has 0 spiro atoms. The van der Waals surface area contributed by atoms with Gasteiger partial charge in [-0.15, -0.1) is 0 Å². The second kappa shape index (κ2) is 6.81. The summed E-state index contributed by atoms with van der Waals surface area (Å²) in [5, 5.41) is 3.89. The first kappa shape index (κ1) is 16.8. The normalized spacial score (nSPS) is 10.6. The molecule has 3 aromatic rings. The maximum Gasteiger partial charge on any atom is 0.221 e. The van der Waals surface area contributed by atoms with Crippen molar-refractivity contribution in [2.24, 2.45) is 0 Å². The Morgan fingerprint density at radius 1 is 1.16 bits per heavy atom. The highest BCUT2D eigenvalue weighted by atomic mass is 16.5. The number of aromatic nitrogens is 1. The summed E-state index contributed by atoms with van der Waals surface area (Å²) in [7, 11) is 3.59. The van der Waals surface area contributed by atoms with Gasteiger partial charge in [-0.2, -0.15) is 0 Å². The zero-order chi connectivity index (χ0) is 18.0. The van der Waals surface area contributed by atoms with E-state index in [1.165, 1.54) is 6.92 Å². The number of rotatable bonds is 4. The first-order chi connectivity index (χ1) is 12.0. The van der Waals surface area contributed by atoms with Gasteiger partial charge >= 0.3 is 0 Å². The summed E-state index contributed by atoms with van der Waals surface area (Å²) in [6.07, 6.45) is 0. The molecule has 0 unspecified atom stereocenters. The predicted octanol–water partition coefficient (Wildman–Crippen LogP) is 4.28. The Bertz CT molecular complexity index is 937. The van der Waals surface area contributed by atoms with Gasteiger partial charge in [0.2, 0.25) is 5.91 Å². The van der Waals surface area contributed by atoms with Crippen molar-refractivity contribution in [3.05, 3.63) is 54.2 Å². The van der Waals surface area contributed by atoms with Gasteiger partial charge < -0.3 is 15.0 Å².